The minimum Gasteiger partial charge on any atom is -0.344 e. The summed E-state index contributed by atoms with van der Waals surface area (Å²) in [6, 6.07) is 13.4. The van der Waals surface area contributed by atoms with Gasteiger partial charge in [0, 0.05) is 23.7 Å². The predicted octanol–water partition coefficient (Wildman–Crippen LogP) is 4.09. The van der Waals surface area contributed by atoms with E-state index in [1.165, 1.54) is 6.07 Å². The molecular weight excluding hydrogens is 369 g/mol. The number of hydrogen-bond acceptors (Lipinski definition) is 2. The van der Waals surface area contributed by atoms with E-state index < -0.39 is 12.1 Å². The zero-order valence-corrected chi connectivity index (χ0v) is 14.3. The number of anilines is 1. The molecule has 0 unspecified atom stereocenters. The summed E-state index contributed by atoms with van der Waals surface area (Å²) in [5.74, 6) is -2.23. The van der Waals surface area contributed by atoms with Gasteiger partial charge in [-0.05, 0) is 41.8 Å². The summed E-state index contributed by atoms with van der Waals surface area (Å²) in [5, 5.41) is 5.08. The molecule has 2 N–H and O–H groups in total. The molecule has 2 aromatic rings. The predicted molar refractivity (Wildman–Crippen MR) is 92.7 cm³/mol. The minimum absolute atomic E-state index is 0.226. The zero-order chi connectivity index (χ0) is 19.2. The molecule has 0 radical (unpaired) electrons. The summed E-state index contributed by atoms with van der Waals surface area (Å²) in [7, 11) is 0. The Bertz CT molecular complexity index is 777. The molecule has 0 bridgehead atoms. The maximum atomic E-state index is 12.2. The van der Waals surface area contributed by atoms with Gasteiger partial charge in [0.2, 0.25) is 5.91 Å². The van der Waals surface area contributed by atoms with Crippen LogP contribution >= 0.6 is 11.6 Å². The maximum Gasteiger partial charge on any atom is 0.471 e. The lowest BCUT2D eigenvalue weighted by Gasteiger charge is -2.10. The normalized spacial score (nSPS) is 11.1. The molecule has 8 heteroatoms. The number of aryl methyl sites for hydroxylation is 1. The number of halogens is 4. The lowest BCUT2D eigenvalue weighted by molar-refractivity contribution is -0.173. The molecule has 0 fully saturated rings. The molecular formula is C18H16ClF3N2O2. The highest BCUT2D eigenvalue weighted by Gasteiger charge is 2.38. The van der Waals surface area contributed by atoms with Crippen molar-refractivity contribution in [3.8, 4) is 0 Å². The molecule has 0 saturated heterocycles. The fourth-order valence-electron chi connectivity index (χ4n) is 2.17. The van der Waals surface area contributed by atoms with E-state index in [9.17, 15) is 22.8 Å². The van der Waals surface area contributed by atoms with Gasteiger partial charge in [0.05, 0.1) is 0 Å². The third-order valence-electron chi connectivity index (χ3n) is 3.48. The topological polar surface area (TPSA) is 58.2 Å². The van der Waals surface area contributed by atoms with E-state index >= 15 is 0 Å². The van der Waals surface area contributed by atoms with Crippen LogP contribution in [0, 0.1) is 0 Å². The Labute approximate surface area is 153 Å². The molecule has 2 aromatic carbocycles. The lowest BCUT2D eigenvalue weighted by atomic mass is 10.1. The van der Waals surface area contributed by atoms with Crippen LogP contribution in [-0.4, -0.2) is 18.0 Å². The van der Waals surface area contributed by atoms with Crippen molar-refractivity contribution < 1.29 is 22.8 Å². The van der Waals surface area contributed by atoms with E-state index in [2.05, 4.69) is 5.32 Å². The quantitative estimate of drug-likeness (QED) is 0.788. The van der Waals surface area contributed by atoms with Crippen molar-refractivity contribution in [3.63, 3.8) is 0 Å². The van der Waals surface area contributed by atoms with Crippen LogP contribution in [0.25, 0.3) is 0 Å². The van der Waals surface area contributed by atoms with E-state index in [0.29, 0.717) is 22.7 Å². The molecule has 26 heavy (non-hydrogen) atoms. The van der Waals surface area contributed by atoms with Gasteiger partial charge >= 0.3 is 12.1 Å². The molecule has 2 amide bonds. The largest absolute Gasteiger partial charge is 0.471 e. The van der Waals surface area contributed by atoms with Gasteiger partial charge < -0.3 is 10.6 Å². The molecule has 0 aliphatic rings. The summed E-state index contributed by atoms with van der Waals surface area (Å²) in [6.45, 7) is -0.285. The van der Waals surface area contributed by atoms with Crippen molar-refractivity contribution in [3.05, 3.63) is 64.7 Å². The highest BCUT2D eigenvalue weighted by molar-refractivity contribution is 6.30. The molecule has 0 atom stereocenters. The van der Waals surface area contributed by atoms with E-state index in [1.54, 1.807) is 35.6 Å². The molecule has 0 spiro atoms. The molecule has 138 valence electrons. The number of hydrogen-bond donors (Lipinski definition) is 2. The van der Waals surface area contributed by atoms with Crippen LogP contribution in [-0.2, 0) is 22.6 Å². The van der Waals surface area contributed by atoms with Crippen molar-refractivity contribution in [1.29, 1.82) is 0 Å². The molecule has 4 nitrogen and oxygen atoms in total. The Balaban J connectivity index is 1.86. The van der Waals surface area contributed by atoms with Gasteiger partial charge in [-0.1, -0.05) is 35.9 Å². The van der Waals surface area contributed by atoms with Crippen LogP contribution in [0.3, 0.4) is 0 Å². The lowest BCUT2D eigenvalue weighted by Crippen LogP contribution is -2.36. The number of rotatable bonds is 6. The van der Waals surface area contributed by atoms with Crippen LogP contribution < -0.4 is 10.6 Å². The number of carbonyl (C=O) groups excluding carboxylic acids is 2. The average Bonchev–Trinajstić information content (AvgIpc) is 2.58. The van der Waals surface area contributed by atoms with E-state index in [0.717, 1.165) is 5.56 Å². The summed E-state index contributed by atoms with van der Waals surface area (Å²) in [4.78, 5) is 22.8. The molecule has 0 saturated carbocycles. The van der Waals surface area contributed by atoms with Crippen LogP contribution in [0.4, 0.5) is 18.9 Å². The fourth-order valence-corrected chi connectivity index (χ4v) is 2.30. The van der Waals surface area contributed by atoms with Crippen LogP contribution in [0.2, 0.25) is 5.02 Å². The Morgan fingerprint density at radius 2 is 1.69 bits per heavy atom. The molecule has 0 aliphatic carbocycles. The van der Waals surface area contributed by atoms with Crippen molar-refractivity contribution in [2.24, 2.45) is 0 Å². The number of carbonyl (C=O) groups is 2. The Morgan fingerprint density at radius 3 is 2.35 bits per heavy atom. The average molecular weight is 385 g/mol. The zero-order valence-electron chi connectivity index (χ0n) is 13.6. The van der Waals surface area contributed by atoms with E-state index in [4.69, 9.17) is 11.6 Å². The van der Waals surface area contributed by atoms with Crippen LogP contribution in [0.15, 0.2) is 48.5 Å². The smallest absolute Gasteiger partial charge is 0.344 e. The third-order valence-corrected chi connectivity index (χ3v) is 3.73. The van der Waals surface area contributed by atoms with Crippen LogP contribution in [0.5, 0.6) is 0 Å². The molecule has 2 rings (SSSR count). The molecule has 0 heterocycles. The first-order chi connectivity index (χ1) is 12.2. The molecule has 0 aliphatic heterocycles. The standard InChI is InChI=1S/C18H16ClF3N2O2/c19-14-7-4-12(5-8-14)6-9-16(25)24-15-3-1-2-13(10-15)11-23-17(26)18(20,21)22/h1-5,7-8,10H,6,9,11H2,(H,23,26)(H,24,25). The van der Waals surface area contributed by atoms with E-state index in [-0.39, 0.29) is 18.9 Å². The van der Waals surface area contributed by atoms with Gasteiger partial charge in [-0.15, -0.1) is 0 Å². The Morgan fingerprint density at radius 1 is 1.00 bits per heavy atom. The second kappa shape index (κ2) is 8.71. The van der Waals surface area contributed by atoms with Crippen molar-refractivity contribution in [1.82, 2.24) is 5.32 Å². The number of amides is 2. The Hall–Kier alpha value is -2.54. The first-order valence-corrected chi connectivity index (χ1v) is 8.10. The fraction of sp³-hybridized carbons (Fsp3) is 0.222. The number of nitrogens with one attached hydrogen (secondary N) is 2. The van der Waals surface area contributed by atoms with Gasteiger partial charge in [0.25, 0.3) is 0 Å². The first kappa shape index (κ1) is 19.8. The van der Waals surface area contributed by atoms with Gasteiger partial charge in [-0.2, -0.15) is 13.2 Å². The summed E-state index contributed by atoms with van der Waals surface area (Å²) >= 11 is 5.80. The van der Waals surface area contributed by atoms with Crippen molar-refractivity contribution in [2.45, 2.75) is 25.6 Å². The summed E-state index contributed by atoms with van der Waals surface area (Å²) in [6.07, 6.45) is -4.14. The Kier molecular flexibility index (Phi) is 6.63. The van der Waals surface area contributed by atoms with Crippen molar-refractivity contribution in [2.75, 3.05) is 5.32 Å². The highest BCUT2D eigenvalue weighted by Crippen LogP contribution is 2.16. The van der Waals surface area contributed by atoms with Gasteiger partial charge in [0.1, 0.15) is 0 Å². The van der Waals surface area contributed by atoms with Crippen molar-refractivity contribution >= 4 is 29.1 Å². The maximum absolute atomic E-state index is 12.2. The van der Waals surface area contributed by atoms with Gasteiger partial charge in [-0.3, -0.25) is 9.59 Å². The second-order valence-electron chi connectivity index (χ2n) is 5.56. The van der Waals surface area contributed by atoms with Gasteiger partial charge in [-0.25, -0.2) is 0 Å². The second-order valence-corrected chi connectivity index (χ2v) is 5.99. The summed E-state index contributed by atoms with van der Waals surface area (Å²) in [5.41, 5.74) is 1.86. The van der Waals surface area contributed by atoms with Gasteiger partial charge in [0.15, 0.2) is 0 Å². The minimum atomic E-state index is -4.92. The SMILES string of the molecule is O=C(CCc1ccc(Cl)cc1)Nc1cccc(CNC(=O)C(F)(F)F)c1. The number of benzene rings is 2. The highest BCUT2D eigenvalue weighted by atomic mass is 35.5. The van der Waals surface area contributed by atoms with E-state index in [1.807, 2.05) is 12.1 Å². The monoisotopic (exact) mass is 384 g/mol. The van der Waals surface area contributed by atoms with Crippen LogP contribution in [0.1, 0.15) is 17.5 Å². The molecule has 0 aromatic heterocycles. The third kappa shape index (κ3) is 6.40. The first-order valence-electron chi connectivity index (χ1n) is 7.72. The summed E-state index contributed by atoms with van der Waals surface area (Å²) < 4.78 is 36.5. The number of alkyl halides is 3.